The molecule has 1 aromatic carbocycles. The SMILES string of the molecule is CCOC(=O)CCNCC#Cc1ccccc1. The summed E-state index contributed by atoms with van der Waals surface area (Å²) in [5, 5.41) is 3.07. The third-order valence-electron chi connectivity index (χ3n) is 2.03. The van der Waals surface area contributed by atoms with E-state index in [1.54, 1.807) is 6.92 Å². The van der Waals surface area contributed by atoms with Crippen molar-refractivity contribution in [2.24, 2.45) is 0 Å². The summed E-state index contributed by atoms with van der Waals surface area (Å²) < 4.78 is 4.80. The van der Waals surface area contributed by atoms with Gasteiger partial charge < -0.3 is 10.1 Å². The van der Waals surface area contributed by atoms with Crippen LogP contribution in [0.1, 0.15) is 18.9 Å². The molecule has 0 unspecified atom stereocenters. The molecule has 0 saturated heterocycles. The van der Waals surface area contributed by atoms with Gasteiger partial charge in [0.05, 0.1) is 19.6 Å². The van der Waals surface area contributed by atoms with E-state index < -0.39 is 0 Å². The van der Waals surface area contributed by atoms with Crippen molar-refractivity contribution >= 4 is 5.97 Å². The van der Waals surface area contributed by atoms with Crippen molar-refractivity contribution < 1.29 is 9.53 Å². The molecule has 0 aliphatic carbocycles. The minimum absolute atomic E-state index is 0.170. The summed E-state index contributed by atoms with van der Waals surface area (Å²) in [6.45, 7) is 3.42. The Hall–Kier alpha value is -1.79. The highest BCUT2D eigenvalue weighted by Crippen LogP contribution is 1.94. The second-order valence-corrected chi connectivity index (χ2v) is 3.40. The van der Waals surface area contributed by atoms with Gasteiger partial charge in [-0.05, 0) is 19.1 Å². The Bertz CT molecular complexity index is 390. The number of carbonyl (C=O) groups excluding carboxylic acids is 1. The third kappa shape index (κ3) is 6.39. The minimum Gasteiger partial charge on any atom is -0.466 e. The van der Waals surface area contributed by atoms with Crippen LogP contribution < -0.4 is 5.32 Å². The molecule has 0 aromatic heterocycles. The summed E-state index contributed by atoms with van der Waals surface area (Å²) in [5.41, 5.74) is 1.000. The Labute approximate surface area is 102 Å². The van der Waals surface area contributed by atoms with Crippen LogP contribution in [0.5, 0.6) is 0 Å². The van der Waals surface area contributed by atoms with E-state index in [4.69, 9.17) is 4.74 Å². The van der Waals surface area contributed by atoms with Gasteiger partial charge in [0.2, 0.25) is 0 Å². The monoisotopic (exact) mass is 231 g/mol. The van der Waals surface area contributed by atoms with Gasteiger partial charge in [0.25, 0.3) is 0 Å². The molecule has 3 nitrogen and oxygen atoms in total. The Morgan fingerprint density at radius 1 is 1.35 bits per heavy atom. The van der Waals surface area contributed by atoms with E-state index in [2.05, 4.69) is 17.2 Å². The van der Waals surface area contributed by atoms with Crippen molar-refractivity contribution in [2.45, 2.75) is 13.3 Å². The van der Waals surface area contributed by atoms with E-state index in [1.165, 1.54) is 0 Å². The van der Waals surface area contributed by atoms with Gasteiger partial charge in [-0.3, -0.25) is 4.79 Å². The van der Waals surface area contributed by atoms with Gasteiger partial charge >= 0.3 is 5.97 Å². The highest BCUT2D eigenvalue weighted by atomic mass is 16.5. The minimum atomic E-state index is -0.170. The largest absolute Gasteiger partial charge is 0.466 e. The first kappa shape index (κ1) is 13.3. The standard InChI is InChI=1S/C14H17NO2/c1-2-17-14(16)10-12-15-11-6-9-13-7-4-3-5-8-13/h3-5,7-8,15H,2,10-12H2,1H3. The van der Waals surface area contributed by atoms with Gasteiger partial charge in [-0.2, -0.15) is 0 Å². The van der Waals surface area contributed by atoms with Crippen molar-refractivity contribution in [3.05, 3.63) is 35.9 Å². The highest BCUT2D eigenvalue weighted by molar-refractivity contribution is 5.69. The quantitative estimate of drug-likeness (QED) is 0.475. The van der Waals surface area contributed by atoms with Crippen LogP contribution >= 0.6 is 0 Å². The van der Waals surface area contributed by atoms with Crippen LogP contribution in [0.15, 0.2) is 30.3 Å². The molecule has 0 spiro atoms. The number of ether oxygens (including phenoxy) is 1. The van der Waals surface area contributed by atoms with Crippen LogP contribution in [0.3, 0.4) is 0 Å². The maximum absolute atomic E-state index is 11.0. The lowest BCUT2D eigenvalue weighted by molar-refractivity contribution is -0.142. The predicted molar refractivity (Wildman–Crippen MR) is 67.4 cm³/mol. The summed E-state index contributed by atoms with van der Waals surface area (Å²) >= 11 is 0. The molecule has 17 heavy (non-hydrogen) atoms. The number of hydrogen-bond donors (Lipinski definition) is 1. The lowest BCUT2D eigenvalue weighted by atomic mass is 10.2. The lowest BCUT2D eigenvalue weighted by Crippen LogP contribution is -2.19. The number of rotatable bonds is 5. The number of nitrogens with one attached hydrogen (secondary N) is 1. The molecule has 0 amide bonds. The Balaban J connectivity index is 2.13. The van der Waals surface area contributed by atoms with Crippen molar-refractivity contribution in [2.75, 3.05) is 19.7 Å². The number of hydrogen-bond acceptors (Lipinski definition) is 3. The fourth-order valence-electron chi connectivity index (χ4n) is 1.24. The normalized spacial score (nSPS) is 9.24. The molecular formula is C14H17NO2. The van der Waals surface area contributed by atoms with Gasteiger partial charge in [-0.1, -0.05) is 30.0 Å². The average Bonchev–Trinajstić information content (AvgIpc) is 2.35. The van der Waals surface area contributed by atoms with Gasteiger partial charge in [0.15, 0.2) is 0 Å². The second-order valence-electron chi connectivity index (χ2n) is 3.40. The van der Waals surface area contributed by atoms with Gasteiger partial charge in [0.1, 0.15) is 0 Å². The average molecular weight is 231 g/mol. The van der Waals surface area contributed by atoms with Gasteiger partial charge in [-0.15, -0.1) is 0 Å². The molecular weight excluding hydrogens is 214 g/mol. The molecule has 1 rings (SSSR count). The first-order valence-corrected chi connectivity index (χ1v) is 5.73. The van der Waals surface area contributed by atoms with Crippen LogP contribution in [0.25, 0.3) is 0 Å². The summed E-state index contributed by atoms with van der Waals surface area (Å²) in [4.78, 5) is 11.0. The molecule has 3 heteroatoms. The van der Waals surface area contributed by atoms with Crippen molar-refractivity contribution in [3.8, 4) is 11.8 Å². The van der Waals surface area contributed by atoms with E-state index in [-0.39, 0.29) is 5.97 Å². The summed E-state index contributed by atoms with van der Waals surface area (Å²) in [6.07, 6.45) is 0.390. The molecule has 0 aliphatic rings. The van der Waals surface area contributed by atoms with E-state index in [0.717, 1.165) is 5.56 Å². The molecule has 1 aromatic rings. The number of carbonyl (C=O) groups is 1. The summed E-state index contributed by atoms with van der Waals surface area (Å²) in [7, 11) is 0. The zero-order chi connectivity index (χ0) is 12.3. The topological polar surface area (TPSA) is 38.3 Å². The maximum atomic E-state index is 11.0. The van der Waals surface area contributed by atoms with Crippen LogP contribution in [0.2, 0.25) is 0 Å². The number of esters is 1. The lowest BCUT2D eigenvalue weighted by Gasteiger charge is -2.00. The first-order valence-electron chi connectivity index (χ1n) is 5.73. The van der Waals surface area contributed by atoms with Crippen LogP contribution in [-0.4, -0.2) is 25.7 Å². The summed E-state index contributed by atoms with van der Waals surface area (Å²) in [6, 6.07) is 9.80. The van der Waals surface area contributed by atoms with Crippen molar-refractivity contribution in [1.29, 1.82) is 0 Å². The fourth-order valence-corrected chi connectivity index (χ4v) is 1.24. The van der Waals surface area contributed by atoms with Crippen molar-refractivity contribution in [1.82, 2.24) is 5.32 Å². The molecule has 1 N–H and O–H groups in total. The van der Waals surface area contributed by atoms with Gasteiger partial charge in [-0.25, -0.2) is 0 Å². The Morgan fingerprint density at radius 3 is 2.82 bits per heavy atom. The molecule has 0 radical (unpaired) electrons. The molecule has 0 saturated carbocycles. The molecule has 0 fully saturated rings. The molecule has 0 atom stereocenters. The predicted octanol–water partition coefficient (Wildman–Crippen LogP) is 1.58. The van der Waals surface area contributed by atoms with E-state index in [0.29, 0.717) is 26.1 Å². The zero-order valence-corrected chi connectivity index (χ0v) is 10.0. The number of benzene rings is 1. The molecule has 0 aliphatic heterocycles. The Kier molecular flexibility index (Phi) is 6.54. The first-order chi connectivity index (χ1) is 8.33. The smallest absolute Gasteiger partial charge is 0.307 e. The van der Waals surface area contributed by atoms with Crippen molar-refractivity contribution in [3.63, 3.8) is 0 Å². The maximum Gasteiger partial charge on any atom is 0.307 e. The third-order valence-corrected chi connectivity index (χ3v) is 2.03. The van der Waals surface area contributed by atoms with E-state index >= 15 is 0 Å². The molecule has 0 heterocycles. The van der Waals surface area contributed by atoms with Gasteiger partial charge in [0, 0.05) is 12.1 Å². The molecule has 90 valence electrons. The highest BCUT2D eigenvalue weighted by Gasteiger charge is 1.98. The van der Waals surface area contributed by atoms with Crippen LogP contribution in [0.4, 0.5) is 0 Å². The fraction of sp³-hybridized carbons (Fsp3) is 0.357. The molecule has 0 bridgehead atoms. The zero-order valence-electron chi connectivity index (χ0n) is 10.0. The Morgan fingerprint density at radius 2 is 2.12 bits per heavy atom. The van der Waals surface area contributed by atoms with E-state index in [9.17, 15) is 4.79 Å². The summed E-state index contributed by atoms with van der Waals surface area (Å²) in [5.74, 6) is 5.85. The van der Waals surface area contributed by atoms with Crippen LogP contribution in [0, 0.1) is 11.8 Å². The van der Waals surface area contributed by atoms with E-state index in [1.807, 2.05) is 30.3 Å². The second kappa shape index (κ2) is 8.37. The van der Waals surface area contributed by atoms with Crippen LogP contribution in [-0.2, 0) is 9.53 Å².